The van der Waals surface area contributed by atoms with Crippen LogP contribution in [-0.4, -0.2) is 109 Å². The Hall–Kier alpha value is -5.49. The van der Waals surface area contributed by atoms with Gasteiger partial charge in [0.05, 0.1) is 10.9 Å². The normalized spacial score (nSPS) is 16.4. The van der Waals surface area contributed by atoms with E-state index in [-0.39, 0.29) is 47.8 Å². The minimum Gasteiger partial charge on any atom is -0.468 e. The molecule has 2 aromatic carbocycles. The fraction of sp³-hybridized carbons (Fsp3) is 0.474. The number of rotatable bonds is 12. The van der Waals surface area contributed by atoms with E-state index in [1.165, 1.54) is 19.4 Å². The second kappa shape index (κ2) is 16.7. The maximum Gasteiger partial charge on any atom is 0.410 e. The molecule has 2 aliphatic rings. The molecule has 4 heterocycles. The van der Waals surface area contributed by atoms with Crippen LogP contribution in [0.1, 0.15) is 45.6 Å². The van der Waals surface area contributed by atoms with Crippen molar-refractivity contribution in [2.24, 2.45) is 5.11 Å². The number of methoxy groups -OCH3 is 1. The summed E-state index contributed by atoms with van der Waals surface area (Å²) in [6.07, 6.45) is 9.43. The van der Waals surface area contributed by atoms with Gasteiger partial charge in [0.15, 0.2) is 12.6 Å². The second-order valence-electron chi connectivity index (χ2n) is 14.1. The number of pyridine rings is 1. The third kappa shape index (κ3) is 8.49. The molecule has 0 unspecified atom stereocenters. The molecule has 16 heteroatoms. The van der Waals surface area contributed by atoms with Gasteiger partial charge in [-0.3, -0.25) is 9.88 Å². The number of carbonyl (C=O) groups excluding carboxylic acids is 1. The number of piperazine rings is 1. The van der Waals surface area contributed by atoms with Crippen molar-refractivity contribution in [3.8, 4) is 35.4 Å². The van der Waals surface area contributed by atoms with Crippen LogP contribution in [-0.2, 0) is 9.47 Å². The lowest BCUT2D eigenvalue weighted by Crippen LogP contribution is -2.50. The third-order valence-electron chi connectivity index (χ3n) is 9.33. The molecule has 0 saturated carbocycles. The summed E-state index contributed by atoms with van der Waals surface area (Å²) in [6, 6.07) is 6.05. The van der Waals surface area contributed by atoms with E-state index in [2.05, 4.69) is 30.8 Å². The summed E-state index contributed by atoms with van der Waals surface area (Å²) in [5.74, 6) is 1.73. The first-order valence-electron chi connectivity index (χ1n) is 17.8. The van der Waals surface area contributed by atoms with Crippen molar-refractivity contribution < 1.29 is 32.5 Å². The second-order valence-corrected chi connectivity index (χ2v) is 14.1. The van der Waals surface area contributed by atoms with E-state index < -0.39 is 23.3 Å². The van der Waals surface area contributed by atoms with Crippen molar-refractivity contribution >= 4 is 33.6 Å². The van der Waals surface area contributed by atoms with Crippen LogP contribution in [0, 0.1) is 24.0 Å². The first-order chi connectivity index (χ1) is 26.0. The van der Waals surface area contributed by atoms with E-state index in [1.807, 2.05) is 25.7 Å². The van der Waals surface area contributed by atoms with E-state index in [9.17, 15) is 4.79 Å². The Kier molecular flexibility index (Phi) is 11.8. The number of anilines is 1. The smallest absolute Gasteiger partial charge is 0.410 e. The van der Waals surface area contributed by atoms with Gasteiger partial charge < -0.3 is 28.7 Å². The molecule has 1 atom stereocenters. The Morgan fingerprint density at radius 2 is 1.93 bits per heavy atom. The van der Waals surface area contributed by atoms with E-state index >= 15 is 8.78 Å². The molecule has 0 spiro atoms. The number of azide groups is 1. The molecule has 2 fully saturated rings. The number of ether oxygens (including phenoxy) is 4. The SMILES string of the molecule is C#Cc1c(F)ccc2cc(OCOC)cc(-c3ncc4c(N5CCN(C(=O)OC(C)(C)C)CC5)nc(OC[C@@H]5CCCN5CCCN=[N+]=[N-])nc4c3F)c12. The van der Waals surface area contributed by atoms with Crippen molar-refractivity contribution in [2.75, 3.05) is 71.2 Å². The summed E-state index contributed by atoms with van der Waals surface area (Å²) in [6.45, 7) is 9.09. The Balaban J connectivity index is 1.40. The molecule has 2 aliphatic heterocycles. The maximum atomic E-state index is 17.1. The van der Waals surface area contributed by atoms with Gasteiger partial charge in [0, 0.05) is 67.9 Å². The number of amides is 1. The summed E-state index contributed by atoms with van der Waals surface area (Å²) < 4.78 is 54.8. The molecule has 1 amide bonds. The van der Waals surface area contributed by atoms with Gasteiger partial charge in [0.2, 0.25) is 0 Å². The number of hydrogen-bond acceptors (Lipinski definition) is 11. The number of hydrogen-bond donors (Lipinski definition) is 0. The van der Waals surface area contributed by atoms with Gasteiger partial charge in [-0.15, -0.1) is 6.42 Å². The average Bonchev–Trinajstić information content (AvgIpc) is 3.61. The predicted molar refractivity (Wildman–Crippen MR) is 199 cm³/mol. The highest BCUT2D eigenvalue weighted by Gasteiger charge is 2.30. The summed E-state index contributed by atoms with van der Waals surface area (Å²) >= 11 is 0. The van der Waals surface area contributed by atoms with E-state index in [1.54, 1.807) is 23.1 Å². The minimum absolute atomic E-state index is 0.0264. The molecule has 0 bridgehead atoms. The molecule has 14 nitrogen and oxygen atoms in total. The van der Waals surface area contributed by atoms with Gasteiger partial charge in [-0.05, 0) is 82.2 Å². The molecule has 2 aromatic heterocycles. The van der Waals surface area contributed by atoms with Crippen LogP contribution in [0.4, 0.5) is 19.4 Å². The van der Waals surface area contributed by atoms with Gasteiger partial charge in [-0.25, -0.2) is 13.6 Å². The van der Waals surface area contributed by atoms with Crippen molar-refractivity contribution in [1.82, 2.24) is 24.8 Å². The Labute approximate surface area is 312 Å². The summed E-state index contributed by atoms with van der Waals surface area (Å²) in [4.78, 5) is 35.4. The molecule has 2 saturated heterocycles. The van der Waals surface area contributed by atoms with Gasteiger partial charge >= 0.3 is 12.1 Å². The summed E-state index contributed by atoms with van der Waals surface area (Å²) in [7, 11) is 1.48. The van der Waals surface area contributed by atoms with E-state index in [0.717, 1.165) is 25.9 Å². The topological polar surface area (TPSA) is 151 Å². The molecule has 54 heavy (non-hydrogen) atoms. The molecule has 6 rings (SSSR count). The molecule has 0 N–H and O–H groups in total. The van der Waals surface area contributed by atoms with Crippen LogP contribution in [0.25, 0.3) is 43.4 Å². The molecule has 0 aliphatic carbocycles. The number of terminal acetylenes is 1. The fourth-order valence-electron chi connectivity index (χ4n) is 6.83. The van der Waals surface area contributed by atoms with Crippen molar-refractivity contribution in [3.63, 3.8) is 0 Å². The zero-order valence-corrected chi connectivity index (χ0v) is 30.8. The first kappa shape index (κ1) is 38.2. The quantitative estimate of drug-likeness (QED) is 0.0384. The van der Waals surface area contributed by atoms with Crippen LogP contribution in [0.2, 0.25) is 0 Å². The zero-order valence-electron chi connectivity index (χ0n) is 30.8. The number of nitrogens with zero attached hydrogens (tertiary/aromatic N) is 9. The predicted octanol–water partition coefficient (Wildman–Crippen LogP) is 6.69. The van der Waals surface area contributed by atoms with E-state index in [4.69, 9.17) is 35.9 Å². The van der Waals surface area contributed by atoms with Crippen LogP contribution in [0.15, 0.2) is 35.6 Å². The van der Waals surface area contributed by atoms with E-state index in [0.29, 0.717) is 66.9 Å². The van der Waals surface area contributed by atoms with Crippen molar-refractivity contribution in [3.05, 3.63) is 58.1 Å². The molecular formula is C38H43F2N9O5. The molecule has 0 radical (unpaired) electrons. The highest BCUT2D eigenvalue weighted by atomic mass is 19.1. The van der Waals surface area contributed by atoms with Crippen LogP contribution in [0.5, 0.6) is 11.8 Å². The van der Waals surface area contributed by atoms with Crippen LogP contribution >= 0.6 is 0 Å². The van der Waals surface area contributed by atoms with Crippen molar-refractivity contribution in [1.29, 1.82) is 0 Å². The van der Waals surface area contributed by atoms with Gasteiger partial charge in [-0.2, -0.15) is 9.97 Å². The Bertz CT molecular complexity index is 2110. The lowest BCUT2D eigenvalue weighted by Gasteiger charge is -2.36. The lowest BCUT2D eigenvalue weighted by atomic mass is 9.95. The molecular weight excluding hydrogens is 700 g/mol. The maximum absolute atomic E-state index is 17.1. The van der Waals surface area contributed by atoms with Gasteiger partial charge in [0.1, 0.15) is 40.8 Å². The number of fused-ring (bicyclic) bond motifs is 2. The minimum atomic E-state index is -0.786. The van der Waals surface area contributed by atoms with Crippen molar-refractivity contribution in [2.45, 2.75) is 51.7 Å². The standard InChI is InChI=1S/C38H43F2N9O5/c1-6-27-30(39)11-10-24-19-26(53-23-51-5)20-28(31(24)27)33-32(40)34-29(21-42-33)35(48-15-17-49(18-16-48)37(50)54-38(2,3)4)45-36(44-34)52-22-25-9-7-13-47(25)14-8-12-43-46-41/h1,10-11,19-21,25H,7-9,12-18,22-23H2,2-5H3/t25-/m0/s1. The van der Waals surface area contributed by atoms with Crippen LogP contribution in [0.3, 0.4) is 0 Å². The first-order valence-corrected chi connectivity index (χ1v) is 17.8. The Morgan fingerprint density at radius 1 is 1.13 bits per heavy atom. The number of benzene rings is 2. The monoisotopic (exact) mass is 743 g/mol. The summed E-state index contributed by atoms with van der Waals surface area (Å²) in [5.41, 5.74) is 7.99. The average molecular weight is 744 g/mol. The van der Waals surface area contributed by atoms with Gasteiger partial charge in [-0.1, -0.05) is 17.1 Å². The fourth-order valence-corrected chi connectivity index (χ4v) is 6.83. The number of likely N-dealkylation sites (tertiary alicyclic amines) is 1. The van der Waals surface area contributed by atoms with Gasteiger partial charge in [0.25, 0.3) is 0 Å². The third-order valence-corrected chi connectivity index (χ3v) is 9.33. The number of carbonyl (C=O) groups is 1. The Morgan fingerprint density at radius 3 is 2.65 bits per heavy atom. The number of halogens is 2. The zero-order chi connectivity index (χ0) is 38.4. The lowest BCUT2D eigenvalue weighted by molar-refractivity contribution is 0.0240. The summed E-state index contributed by atoms with van der Waals surface area (Å²) in [5, 5.41) is 4.77. The highest BCUT2D eigenvalue weighted by molar-refractivity contribution is 6.03. The van der Waals surface area contributed by atoms with Crippen LogP contribution < -0.4 is 14.4 Å². The number of aromatic nitrogens is 3. The molecule has 284 valence electrons. The highest BCUT2D eigenvalue weighted by Crippen LogP contribution is 2.39. The molecule has 4 aromatic rings. The largest absolute Gasteiger partial charge is 0.468 e.